The monoisotopic (exact) mass is 289 g/mol. The van der Waals surface area contributed by atoms with Gasteiger partial charge in [-0.25, -0.2) is 14.6 Å². The van der Waals surface area contributed by atoms with Crippen molar-refractivity contribution in [1.29, 1.82) is 0 Å². The number of methoxy groups -OCH3 is 1. The second-order valence-corrected chi connectivity index (χ2v) is 5.46. The molecule has 21 heavy (non-hydrogen) atoms. The molecule has 1 fully saturated rings. The van der Waals surface area contributed by atoms with Crippen molar-refractivity contribution in [3.63, 3.8) is 0 Å². The van der Waals surface area contributed by atoms with Gasteiger partial charge in [-0.2, -0.15) is 5.10 Å². The van der Waals surface area contributed by atoms with Crippen LogP contribution in [0.15, 0.2) is 12.5 Å². The van der Waals surface area contributed by atoms with Gasteiger partial charge in [0.15, 0.2) is 5.65 Å². The maximum atomic E-state index is 11.4. The summed E-state index contributed by atoms with van der Waals surface area (Å²) in [5.41, 5.74) is 0.638. The van der Waals surface area contributed by atoms with Crippen LogP contribution in [-0.2, 0) is 16.1 Å². The van der Waals surface area contributed by atoms with Crippen LogP contribution in [-0.4, -0.2) is 38.9 Å². The van der Waals surface area contributed by atoms with E-state index in [1.807, 2.05) is 0 Å². The molecule has 0 saturated heterocycles. The maximum Gasteiger partial charge on any atom is 0.327 e. The molecule has 1 N–H and O–H groups in total. The summed E-state index contributed by atoms with van der Waals surface area (Å²) >= 11 is 0. The van der Waals surface area contributed by atoms with Gasteiger partial charge >= 0.3 is 5.97 Å². The molecular weight excluding hydrogens is 270 g/mol. The Kier molecular flexibility index (Phi) is 3.72. The van der Waals surface area contributed by atoms with Crippen LogP contribution in [0, 0.1) is 5.92 Å². The molecule has 2 heterocycles. The molecule has 7 heteroatoms. The van der Waals surface area contributed by atoms with Crippen LogP contribution >= 0.6 is 0 Å². The Labute approximate surface area is 122 Å². The number of ether oxygens (including phenoxy) is 1. The molecule has 2 aromatic rings. The highest BCUT2D eigenvalue weighted by Crippen LogP contribution is 2.31. The first-order valence-corrected chi connectivity index (χ1v) is 7.19. The summed E-state index contributed by atoms with van der Waals surface area (Å²) in [6, 6.07) is 0.376. The lowest BCUT2D eigenvalue weighted by atomic mass is 9.80. The highest BCUT2D eigenvalue weighted by Gasteiger charge is 2.24. The van der Waals surface area contributed by atoms with Gasteiger partial charge < -0.3 is 10.1 Å². The third kappa shape index (κ3) is 2.68. The zero-order valence-electron chi connectivity index (χ0n) is 12.2. The van der Waals surface area contributed by atoms with Gasteiger partial charge in [0.1, 0.15) is 18.7 Å². The van der Waals surface area contributed by atoms with Gasteiger partial charge in [0.05, 0.1) is 18.7 Å². The maximum absolute atomic E-state index is 11.4. The molecular formula is C14H19N5O2. The van der Waals surface area contributed by atoms with E-state index in [2.05, 4.69) is 32.0 Å². The second kappa shape index (κ2) is 5.67. The molecule has 0 amide bonds. The van der Waals surface area contributed by atoms with Crippen molar-refractivity contribution in [1.82, 2.24) is 19.7 Å². The molecule has 1 aliphatic rings. The molecule has 7 nitrogen and oxygen atoms in total. The van der Waals surface area contributed by atoms with Crippen LogP contribution < -0.4 is 5.32 Å². The topological polar surface area (TPSA) is 81.9 Å². The van der Waals surface area contributed by atoms with E-state index in [9.17, 15) is 4.79 Å². The van der Waals surface area contributed by atoms with Crippen LogP contribution in [0.5, 0.6) is 0 Å². The summed E-state index contributed by atoms with van der Waals surface area (Å²) in [6.45, 7) is 2.23. The molecule has 0 bridgehead atoms. The number of aromatic nitrogens is 4. The third-order valence-corrected chi connectivity index (χ3v) is 4.16. The van der Waals surface area contributed by atoms with E-state index in [0.29, 0.717) is 17.6 Å². The van der Waals surface area contributed by atoms with Gasteiger partial charge in [-0.3, -0.25) is 4.79 Å². The minimum atomic E-state index is -0.351. The predicted octanol–water partition coefficient (Wildman–Crippen LogP) is 1.60. The fraction of sp³-hybridized carbons (Fsp3) is 0.571. The fourth-order valence-electron chi connectivity index (χ4n) is 2.58. The Morgan fingerprint density at radius 3 is 3.00 bits per heavy atom. The fourth-order valence-corrected chi connectivity index (χ4v) is 2.58. The lowest BCUT2D eigenvalue weighted by Gasteiger charge is -2.32. The van der Waals surface area contributed by atoms with E-state index in [-0.39, 0.29) is 12.5 Å². The Morgan fingerprint density at radius 2 is 2.33 bits per heavy atom. The SMILES string of the molecule is COC(=O)Cn1ncc2c(NC(C)C3CCC3)ncnc21. The van der Waals surface area contributed by atoms with Crippen molar-refractivity contribution in [3.05, 3.63) is 12.5 Å². The largest absolute Gasteiger partial charge is 0.468 e. The Morgan fingerprint density at radius 1 is 1.52 bits per heavy atom. The van der Waals surface area contributed by atoms with Gasteiger partial charge in [-0.15, -0.1) is 0 Å². The average molecular weight is 289 g/mol. The van der Waals surface area contributed by atoms with E-state index in [1.165, 1.54) is 37.4 Å². The minimum Gasteiger partial charge on any atom is -0.468 e. The lowest BCUT2D eigenvalue weighted by molar-refractivity contribution is -0.141. The van der Waals surface area contributed by atoms with Gasteiger partial charge in [0.25, 0.3) is 0 Å². The smallest absolute Gasteiger partial charge is 0.327 e. The van der Waals surface area contributed by atoms with E-state index in [0.717, 1.165) is 11.2 Å². The summed E-state index contributed by atoms with van der Waals surface area (Å²) in [4.78, 5) is 19.9. The Balaban J connectivity index is 1.84. The van der Waals surface area contributed by atoms with E-state index >= 15 is 0 Å². The molecule has 2 aromatic heterocycles. The minimum absolute atomic E-state index is 0.0502. The second-order valence-electron chi connectivity index (χ2n) is 5.46. The van der Waals surface area contributed by atoms with Gasteiger partial charge in [-0.1, -0.05) is 6.42 Å². The van der Waals surface area contributed by atoms with Crippen LogP contribution in [0.4, 0.5) is 5.82 Å². The summed E-state index contributed by atoms with van der Waals surface area (Å²) in [5, 5.41) is 8.48. The first kappa shape index (κ1) is 13.8. The normalized spacial score (nSPS) is 16.5. The van der Waals surface area contributed by atoms with Gasteiger partial charge in [0, 0.05) is 6.04 Å². The van der Waals surface area contributed by atoms with E-state index < -0.39 is 0 Å². The Bertz CT molecular complexity index is 650. The molecule has 0 aliphatic heterocycles. The number of hydrogen-bond acceptors (Lipinski definition) is 6. The molecule has 1 atom stereocenters. The molecule has 112 valence electrons. The molecule has 0 spiro atoms. The molecule has 3 rings (SSSR count). The summed E-state index contributed by atoms with van der Waals surface area (Å²) in [7, 11) is 1.36. The van der Waals surface area contributed by atoms with E-state index in [4.69, 9.17) is 0 Å². The van der Waals surface area contributed by atoms with Crippen molar-refractivity contribution < 1.29 is 9.53 Å². The highest BCUT2D eigenvalue weighted by atomic mass is 16.5. The van der Waals surface area contributed by atoms with Crippen LogP contribution in [0.2, 0.25) is 0 Å². The molecule has 1 unspecified atom stereocenters. The number of hydrogen-bond donors (Lipinski definition) is 1. The summed E-state index contributed by atoms with van der Waals surface area (Å²) < 4.78 is 6.19. The average Bonchev–Trinajstić information content (AvgIpc) is 2.81. The lowest BCUT2D eigenvalue weighted by Crippen LogP contribution is -2.31. The zero-order valence-corrected chi connectivity index (χ0v) is 12.2. The standard InChI is InChI=1S/C14H19N5O2/c1-9(10-4-3-5-10)18-13-11-6-17-19(7-12(20)21-2)14(11)16-8-15-13/h6,8-10H,3-5,7H2,1-2H3,(H,15,16,18). The highest BCUT2D eigenvalue weighted by molar-refractivity contribution is 5.87. The van der Waals surface area contributed by atoms with Crippen LogP contribution in [0.1, 0.15) is 26.2 Å². The van der Waals surface area contributed by atoms with E-state index in [1.54, 1.807) is 6.20 Å². The number of carbonyl (C=O) groups excluding carboxylic acids is 1. The van der Waals surface area contributed by atoms with Crippen molar-refractivity contribution >= 4 is 22.8 Å². The van der Waals surface area contributed by atoms with Crippen molar-refractivity contribution in [2.45, 2.75) is 38.8 Å². The van der Waals surface area contributed by atoms with Gasteiger partial charge in [-0.05, 0) is 25.7 Å². The number of anilines is 1. The van der Waals surface area contributed by atoms with Crippen LogP contribution in [0.25, 0.3) is 11.0 Å². The molecule has 1 aliphatic carbocycles. The number of esters is 1. The van der Waals surface area contributed by atoms with Crippen molar-refractivity contribution in [3.8, 4) is 0 Å². The number of nitrogens with zero attached hydrogens (tertiary/aromatic N) is 4. The number of rotatable bonds is 5. The summed E-state index contributed by atoms with van der Waals surface area (Å²) in [6.07, 6.45) is 7.03. The quantitative estimate of drug-likeness (QED) is 0.842. The van der Waals surface area contributed by atoms with Crippen molar-refractivity contribution in [2.75, 3.05) is 12.4 Å². The number of carbonyl (C=O) groups is 1. The molecule has 0 aromatic carbocycles. The number of fused-ring (bicyclic) bond motifs is 1. The third-order valence-electron chi connectivity index (χ3n) is 4.16. The van der Waals surface area contributed by atoms with Crippen molar-refractivity contribution in [2.24, 2.45) is 5.92 Å². The van der Waals surface area contributed by atoms with Crippen LogP contribution in [0.3, 0.4) is 0 Å². The predicted molar refractivity (Wildman–Crippen MR) is 77.8 cm³/mol. The number of nitrogens with one attached hydrogen (secondary N) is 1. The zero-order chi connectivity index (χ0) is 14.8. The molecule has 0 radical (unpaired) electrons. The first-order chi connectivity index (χ1) is 10.2. The summed E-state index contributed by atoms with van der Waals surface area (Å²) in [5.74, 6) is 1.13. The first-order valence-electron chi connectivity index (χ1n) is 7.19. The Hall–Kier alpha value is -2.18. The van der Waals surface area contributed by atoms with Gasteiger partial charge in [0.2, 0.25) is 0 Å². The molecule has 1 saturated carbocycles.